The SMILES string of the molecule is COC(=O)C1CN(C(=O)Cc2cccc(F)c2F)CC1C. The number of amides is 1. The summed E-state index contributed by atoms with van der Waals surface area (Å²) in [6.45, 7) is 2.52. The molecule has 2 unspecified atom stereocenters. The maximum atomic E-state index is 13.6. The molecular formula is C15H17F2NO3. The van der Waals surface area contributed by atoms with Gasteiger partial charge in [0.2, 0.25) is 5.91 Å². The summed E-state index contributed by atoms with van der Waals surface area (Å²) in [5.41, 5.74) is 0.0224. The van der Waals surface area contributed by atoms with Crippen LogP contribution in [-0.4, -0.2) is 37.0 Å². The summed E-state index contributed by atoms with van der Waals surface area (Å²) in [7, 11) is 1.31. The number of esters is 1. The number of ether oxygens (including phenoxy) is 1. The van der Waals surface area contributed by atoms with E-state index < -0.39 is 11.6 Å². The van der Waals surface area contributed by atoms with Crippen LogP contribution in [0.25, 0.3) is 0 Å². The average Bonchev–Trinajstić information content (AvgIpc) is 2.85. The molecule has 0 N–H and O–H groups in total. The summed E-state index contributed by atoms with van der Waals surface area (Å²) >= 11 is 0. The van der Waals surface area contributed by atoms with Gasteiger partial charge in [0, 0.05) is 18.7 Å². The molecule has 114 valence electrons. The molecule has 1 aromatic rings. The lowest BCUT2D eigenvalue weighted by Crippen LogP contribution is -2.31. The summed E-state index contributed by atoms with van der Waals surface area (Å²) in [5, 5.41) is 0. The lowest BCUT2D eigenvalue weighted by Gasteiger charge is -2.16. The van der Waals surface area contributed by atoms with Crippen LogP contribution in [0.5, 0.6) is 0 Å². The van der Waals surface area contributed by atoms with E-state index in [1.54, 1.807) is 0 Å². The van der Waals surface area contributed by atoms with Gasteiger partial charge in [-0.3, -0.25) is 9.59 Å². The highest BCUT2D eigenvalue weighted by Crippen LogP contribution is 2.25. The summed E-state index contributed by atoms with van der Waals surface area (Å²) in [4.78, 5) is 25.2. The number of rotatable bonds is 3. The van der Waals surface area contributed by atoms with Gasteiger partial charge in [0.25, 0.3) is 0 Å². The Kier molecular flexibility index (Phi) is 4.55. The summed E-state index contributed by atoms with van der Waals surface area (Å²) in [6.07, 6.45) is -0.218. The van der Waals surface area contributed by atoms with Crippen LogP contribution in [0.3, 0.4) is 0 Å². The van der Waals surface area contributed by atoms with E-state index in [1.807, 2.05) is 6.92 Å². The molecule has 0 bridgehead atoms. The minimum absolute atomic E-state index is 0.0150. The van der Waals surface area contributed by atoms with Crippen molar-refractivity contribution in [2.45, 2.75) is 13.3 Å². The number of halogens is 2. The van der Waals surface area contributed by atoms with Crippen molar-refractivity contribution in [1.29, 1.82) is 0 Å². The molecule has 0 aromatic heterocycles. The third-order valence-electron chi connectivity index (χ3n) is 3.84. The molecule has 1 aliphatic heterocycles. The Bertz CT molecular complexity index is 562. The first-order chi connectivity index (χ1) is 9.93. The first kappa shape index (κ1) is 15.4. The van der Waals surface area contributed by atoms with E-state index in [0.717, 1.165) is 6.07 Å². The highest BCUT2D eigenvalue weighted by atomic mass is 19.2. The van der Waals surface area contributed by atoms with Crippen LogP contribution in [0.4, 0.5) is 8.78 Å². The molecule has 0 saturated carbocycles. The number of benzene rings is 1. The maximum absolute atomic E-state index is 13.6. The molecule has 1 heterocycles. The number of nitrogens with zero attached hydrogens (tertiary/aromatic N) is 1. The van der Waals surface area contributed by atoms with Crippen molar-refractivity contribution in [3.63, 3.8) is 0 Å². The van der Waals surface area contributed by atoms with Gasteiger partial charge in [0.15, 0.2) is 11.6 Å². The molecule has 0 radical (unpaired) electrons. The lowest BCUT2D eigenvalue weighted by molar-refractivity contribution is -0.146. The van der Waals surface area contributed by atoms with Crippen LogP contribution < -0.4 is 0 Å². The van der Waals surface area contributed by atoms with Crippen LogP contribution in [0.15, 0.2) is 18.2 Å². The number of likely N-dealkylation sites (tertiary alicyclic amines) is 1. The second-order valence-corrected chi connectivity index (χ2v) is 5.30. The normalized spacial score (nSPS) is 21.4. The van der Waals surface area contributed by atoms with Crippen LogP contribution >= 0.6 is 0 Å². The number of methoxy groups -OCH3 is 1. The minimum Gasteiger partial charge on any atom is -0.469 e. The zero-order valence-corrected chi connectivity index (χ0v) is 11.9. The summed E-state index contributed by atoms with van der Waals surface area (Å²) in [6, 6.07) is 3.76. The number of hydrogen-bond acceptors (Lipinski definition) is 3. The number of hydrogen-bond donors (Lipinski definition) is 0. The Balaban J connectivity index is 2.05. The van der Waals surface area contributed by atoms with Crippen LogP contribution in [0.1, 0.15) is 12.5 Å². The van der Waals surface area contributed by atoms with E-state index >= 15 is 0 Å². The molecule has 1 fully saturated rings. The molecule has 21 heavy (non-hydrogen) atoms. The lowest BCUT2D eigenvalue weighted by atomic mass is 9.99. The Hall–Kier alpha value is -1.98. The molecule has 2 atom stereocenters. The standard InChI is InChI=1S/C15H17F2NO3/c1-9-7-18(8-11(9)15(20)21-2)13(19)6-10-4-3-5-12(16)14(10)17/h3-5,9,11H,6-8H2,1-2H3. The molecule has 6 heteroatoms. The summed E-state index contributed by atoms with van der Waals surface area (Å²) < 4.78 is 31.4. The molecule has 2 rings (SSSR count). The molecule has 0 spiro atoms. The fourth-order valence-electron chi connectivity index (χ4n) is 2.59. The highest BCUT2D eigenvalue weighted by Gasteiger charge is 2.37. The predicted octanol–water partition coefficient (Wildman–Crippen LogP) is 1.77. The van der Waals surface area contributed by atoms with Gasteiger partial charge in [-0.15, -0.1) is 0 Å². The van der Waals surface area contributed by atoms with E-state index in [0.29, 0.717) is 6.54 Å². The van der Waals surface area contributed by atoms with Crippen LogP contribution in [0.2, 0.25) is 0 Å². The van der Waals surface area contributed by atoms with E-state index in [4.69, 9.17) is 4.74 Å². The van der Waals surface area contributed by atoms with E-state index in [9.17, 15) is 18.4 Å². The Labute approximate surface area is 121 Å². The number of carbonyl (C=O) groups excluding carboxylic acids is 2. The van der Waals surface area contributed by atoms with Crippen molar-refractivity contribution >= 4 is 11.9 Å². The van der Waals surface area contributed by atoms with Gasteiger partial charge in [-0.05, 0) is 12.0 Å². The predicted molar refractivity (Wildman–Crippen MR) is 71.3 cm³/mol. The molecule has 0 aliphatic carbocycles. The largest absolute Gasteiger partial charge is 0.469 e. The molecular weight excluding hydrogens is 280 g/mol. The second kappa shape index (κ2) is 6.20. The van der Waals surface area contributed by atoms with Crippen molar-refractivity contribution in [2.75, 3.05) is 20.2 Å². The monoisotopic (exact) mass is 297 g/mol. The zero-order valence-electron chi connectivity index (χ0n) is 11.9. The second-order valence-electron chi connectivity index (χ2n) is 5.30. The fourth-order valence-corrected chi connectivity index (χ4v) is 2.59. The van der Waals surface area contributed by atoms with Gasteiger partial charge in [-0.1, -0.05) is 19.1 Å². The molecule has 1 aromatic carbocycles. The van der Waals surface area contributed by atoms with Gasteiger partial charge in [-0.2, -0.15) is 0 Å². The first-order valence-electron chi connectivity index (χ1n) is 6.72. The average molecular weight is 297 g/mol. The van der Waals surface area contributed by atoms with Crippen LogP contribution in [0, 0.1) is 23.5 Å². The van der Waals surface area contributed by atoms with Crippen molar-refractivity contribution in [1.82, 2.24) is 4.90 Å². The number of carbonyl (C=O) groups is 2. The van der Waals surface area contributed by atoms with Gasteiger partial charge >= 0.3 is 5.97 Å². The van der Waals surface area contributed by atoms with E-state index in [1.165, 1.54) is 24.1 Å². The van der Waals surface area contributed by atoms with Crippen LogP contribution in [-0.2, 0) is 20.7 Å². The first-order valence-corrected chi connectivity index (χ1v) is 6.72. The molecule has 1 saturated heterocycles. The highest BCUT2D eigenvalue weighted by molar-refractivity contribution is 5.81. The molecule has 1 amide bonds. The molecule has 1 aliphatic rings. The minimum atomic E-state index is -0.998. The van der Waals surface area contributed by atoms with E-state index in [-0.39, 0.29) is 42.2 Å². The van der Waals surface area contributed by atoms with Gasteiger partial charge < -0.3 is 9.64 Å². The summed E-state index contributed by atoms with van der Waals surface area (Å²) in [5.74, 6) is -3.02. The van der Waals surface area contributed by atoms with Gasteiger partial charge in [-0.25, -0.2) is 8.78 Å². The topological polar surface area (TPSA) is 46.6 Å². The fraction of sp³-hybridized carbons (Fsp3) is 0.467. The van der Waals surface area contributed by atoms with Crippen molar-refractivity contribution < 1.29 is 23.1 Å². The van der Waals surface area contributed by atoms with Gasteiger partial charge in [0.1, 0.15) is 0 Å². The van der Waals surface area contributed by atoms with Crippen molar-refractivity contribution in [3.05, 3.63) is 35.4 Å². The van der Waals surface area contributed by atoms with Gasteiger partial charge in [0.05, 0.1) is 19.4 Å². The zero-order chi connectivity index (χ0) is 15.6. The smallest absolute Gasteiger partial charge is 0.310 e. The Morgan fingerprint density at radius 2 is 2.05 bits per heavy atom. The maximum Gasteiger partial charge on any atom is 0.310 e. The Morgan fingerprint density at radius 1 is 1.33 bits per heavy atom. The third-order valence-corrected chi connectivity index (χ3v) is 3.84. The molecule has 4 nitrogen and oxygen atoms in total. The van der Waals surface area contributed by atoms with E-state index in [2.05, 4.69) is 0 Å². The quantitative estimate of drug-likeness (QED) is 0.799. The van der Waals surface area contributed by atoms with Crippen molar-refractivity contribution in [3.8, 4) is 0 Å². The Morgan fingerprint density at radius 3 is 2.71 bits per heavy atom. The van der Waals surface area contributed by atoms with Crippen molar-refractivity contribution in [2.24, 2.45) is 11.8 Å². The third kappa shape index (κ3) is 3.20.